The molecule has 120 valence electrons. The first-order chi connectivity index (χ1) is 9.42. The Labute approximate surface area is 144 Å². The van der Waals surface area contributed by atoms with Crippen molar-refractivity contribution in [3.05, 3.63) is 29.8 Å². The molecule has 0 unspecified atom stereocenters. The summed E-state index contributed by atoms with van der Waals surface area (Å²) < 4.78 is 5.16. The molecule has 0 bridgehead atoms. The average molecular weight is 406 g/mol. The molecule has 0 radical (unpaired) electrons. The van der Waals surface area contributed by atoms with Gasteiger partial charge in [0.05, 0.1) is 13.2 Å². The van der Waals surface area contributed by atoms with E-state index in [0.717, 1.165) is 17.8 Å². The molecule has 0 saturated heterocycles. The Kier molecular flexibility index (Phi) is 9.56. The van der Waals surface area contributed by atoms with Crippen molar-refractivity contribution in [1.29, 1.82) is 0 Å². The van der Waals surface area contributed by atoms with E-state index in [4.69, 9.17) is 10.5 Å². The van der Waals surface area contributed by atoms with Gasteiger partial charge in [0.1, 0.15) is 0 Å². The van der Waals surface area contributed by atoms with Gasteiger partial charge >= 0.3 is 0 Å². The second-order valence-electron chi connectivity index (χ2n) is 5.66. The lowest BCUT2D eigenvalue weighted by Crippen LogP contribution is -2.37. The number of anilines is 1. The van der Waals surface area contributed by atoms with Crippen molar-refractivity contribution in [2.24, 2.45) is 10.7 Å². The highest BCUT2D eigenvalue weighted by Gasteiger charge is 2.07. The number of para-hydroxylation sites is 1. The smallest absolute Gasteiger partial charge is 0.193 e. The fourth-order valence-electron chi connectivity index (χ4n) is 1.71. The maximum atomic E-state index is 5.89. The molecule has 0 aliphatic rings. The average Bonchev–Trinajstić information content (AvgIpc) is 2.36. The molecule has 0 aliphatic heterocycles. The Morgan fingerprint density at radius 2 is 1.95 bits per heavy atom. The number of methoxy groups -OCH3 is 1. The number of nitrogens with one attached hydrogen (secondary N) is 2. The highest BCUT2D eigenvalue weighted by atomic mass is 127. The Bertz CT molecular complexity index is 444. The van der Waals surface area contributed by atoms with Crippen LogP contribution in [0.15, 0.2) is 29.3 Å². The normalized spacial score (nSPS) is 11.9. The minimum Gasteiger partial charge on any atom is -0.380 e. The maximum absolute atomic E-state index is 5.89. The molecule has 0 aliphatic carbocycles. The molecule has 4 N–H and O–H groups in total. The van der Waals surface area contributed by atoms with Crippen LogP contribution < -0.4 is 16.4 Å². The quantitative estimate of drug-likeness (QED) is 0.294. The second kappa shape index (κ2) is 9.97. The summed E-state index contributed by atoms with van der Waals surface area (Å²) in [6, 6.07) is 7.89. The molecule has 0 atom stereocenters. The van der Waals surface area contributed by atoms with Crippen molar-refractivity contribution >= 4 is 35.6 Å². The fourth-order valence-corrected chi connectivity index (χ4v) is 1.71. The Hall–Kier alpha value is -0.860. The van der Waals surface area contributed by atoms with Gasteiger partial charge in [-0.15, -0.1) is 24.0 Å². The molecule has 0 fully saturated rings. The molecular weight excluding hydrogens is 379 g/mol. The molecule has 0 aromatic heterocycles. The van der Waals surface area contributed by atoms with E-state index >= 15 is 0 Å². The van der Waals surface area contributed by atoms with Gasteiger partial charge in [-0.1, -0.05) is 18.2 Å². The SMILES string of the molecule is COCc1ccccc1NC(N)=NCCNC(C)(C)C.I. The number of nitrogens with zero attached hydrogens (tertiary/aromatic N) is 1. The van der Waals surface area contributed by atoms with E-state index in [1.165, 1.54) is 0 Å². The summed E-state index contributed by atoms with van der Waals surface area (Å²) in [7, 11) is 1.67. The maximum Gasteiger partial charge on any atom is 0.193 e. The zero-order valence-electron chi connectivity index (χ0n) is 13.3. The van der Waals surface area contributed by atoms with Gasteiger partial charge in [0.2, 0.25) is 0 Å². The Morgan fingerprint density at radius 3 is 2.57 bits per heavy atom. The summed E-state index contributed by atoms with van der Waals surface area (Å²) in [6.07, 6.45) is 0. The lowest BCUT2D eigenvalue weighted by molar-refractivity contribution is 0.185. The lowest BCUT2D eigenvalue weighted by atomic mass is 10.1. The largest absolute Gasteiger partial charge is 0.380 e. The lowest BCUT2D eigenvalue weighted by Gasteiger charge is -2.19. The Morgan fingerprint density at radius 1 is 1.29 bits per heavy atom. The summed E-state index contributed by atoms with van der Waals surface area (Å²) in [5.41, 5.74) is 7.98. The number of hydrogen-bond donors (Lipinski definition) is 3. The first-order valence-electron chi connectivity index (χ1n) is 6.81. The highest BCUT2D eigenvalue weighted by Crippen LogP contribution is 2.15. The van der Waals surface area contributed by atoms with E-state index in [2.05, 4.69) is 36.4 Å². The van der Waals surface area contributed by atoms with Gasteiger partial charge in [-0.3, -0.25) is 4.99 Å². The van der Waals surface area contributed by atoms with E-state index in [1.54, 1.807) is 7.11 Å². The number of guanidine groups is 1. The van der Waals surface area contributed by atoms with Crippen molar-refractivity contribution in [3.8, 4) is 0 Å². The van der Waals surface area contributed by atoms with Crippen LogP contribution in [0.25, 0.3) is 0 Å². The molecule has 5 nitrogen and oxygen atoms in total. The monoisotopic (exact) mass is 406 g/mol. The summed E-state index contributed by atoms with van der Waals surface area (Å²) in [6.45, 7) is 8.36. The number of benzene rings is 1. The van der Waals surface area contributed by atoms with E-state index < -0.39 is 0 Å². The van der Waals surface area contributed by atoms with Crippen molar-refractivity contribution in [2.45, 2.75) is 32.9 Å². The molecule has 1 aromatic rings. The number of hydrogen-bond acceptors (Lipinski definition) is 3. The molecular formula is C15H27IN4O. The molecule has 1 aromatic carbocycles. The molecule has 0 amide bonds. The predicted octanol–water partition coefficient (Wildman–Crippen LogP) is 2.57. The van der Waals surface area contributed by atoms with Gasteiger partial charge in [0, 0.05) is 30.4 Å². The van der Waals surface area contributed by atoms with Crippen molar-refractivity contribution < 1.29 is 4.74 Å². The third kappa shape index (κ3) is 8.90. The van der Waals surface area contributed by atoms with Crippen LogP contribution in [0.2, 0.25) is 0 Å². The third-order valence-electron chi connectivity index (χ3n) is 2.63. The van der Waals surface area contributed by atoms with Crippen LogP contribution in [0.3, 0.4) is 0 Å². The van der Waals surface area contributed by atoms with Crippen molar-refractivity contribution in [2.75, 3.05) is 25.5 Å². The minimum absolute atomic E-state index is 0. The van der Waals surface area contributed by atoms with Gasteiger partial charge in [-0.2, -0.15) is 0 Å². The number of rotatable bonds is 6. The van der Waals surface area contributed by atoms with Crippen LogP contribution in [0.4, 0.5) is 5.69 Å². The topological polar surface area (TPSA) is 71.7 Å². The summed E-state index contributed by atoms with van der Waals surface area (Å²) in [5, 5.41) is 6.48. The van der Waals surface area contributed by atoms with Crippen molar-refractivity contribution in [1.82, 2.24) is 5.32 Å². The number of ether oxygens (including phenoxy) is 1. The molecule has 0 heterocycles. The predicted molar refractivity (Wildman–Crippen MR) is 100 cm³/mol. The second-order valence-corrected chi connectivity index (χ2v) is 5.66. The third-order valence-corrected chi connectivity index (χ3v) is 2.63. The summed E-state index contributed by atoms with van der Waals surface area (Å²) in [4.78, 5) is 4.30. The van der Waals surface area contributed by atoms with E-state index in [9.17, 15) is 0 Å². The van der Waals surface area contributed by atoms with E-state index in [-0.39, 0.29) is 29.5 Å². The standard InChI is InChI=1S/C15H26N4O.HI/c1-15(2,3)18-10-9-17-14(16)19-13-8-6-5-7-12(13)11-20-4;/h5-8,18H,9-11H2,1-4H3,(H3,16,17,19);1H. The zero-order valence-corrected chi connectivity index (χ0v) is 15.6. The molecule has 6 heteroatoms. The molecule has 0 saturated carbocycles. The van der Waals surface area contributed by atoms with E-state index in [0.29, 0.717) is 19.1 Å². The molecule has 21 heavy (non-hydrogen) atoms. The van der Waals surface area contributed by atoms with Crippen LogP contribution in [-0.4, -0.2) is 31.7 Å². The number of nitrogens with two attached hydrogens (primary N) is 1. The van der Waals surface area contributed by atoms with Crippen molar-refractivity contribution in [3.63, 3.8) is 0 Å². The number of aliphatic imine (C=N–C) groups is 1. The van der Waals surface area contributed by atoms with Crippen LogP contribution >= 0.6 is 24.0 Å². The Balaban J connectivity index is 0.00000400. The van der Waals surface area contributed by atoms with Gasteiger partial charge in [-0.05, 0) is 26.8 Å². The van der Waals surface area contributed by atoms with Crippen LogP contribution in [-0.2, 0) is 11.3 Å². The van der Waals surface area contributed by atoms with Crippen LogP contribution in [0.5, 0.6) is 0 Å². The minimum atomic E-state index is 0. The van der Waals surface area contributed by atoms with Gasteiger partial charge < -0.3 is 21.1 Å². The first-order valence-corrected chi connectivity index (χ1v) is 6.81. The van der Waals surface area contributed by atoms with Gasteiger partial charge in [-0.25, -0.2) is 0 Å². The fraction of sp³-hybridized carbons (Fsp3) is 0.533. The first kappa shape index (κ1) is 20.1. The number of halogens is 1. The van der Waals surface area contributed by atoms with Gasteiger partial charge in [0.25, 0.3) is 0 Å². The van der Waals surface area contributed by atoms with E-state index in [1.807, 2.05) is 24.3 Å². The zero-order chi connectivity index (χ0) is 15.0. The molecule has 1 rings (SSSR count). The van der Waals surface area contributed by atoms with Crippen LogP contribution in [0.1, 0.15) is 26.3 Å². The summed E-state index contributed by atoms with van der Waals surface area (Å²) >= 11 is 0. The molecule has 0 spiro atoms. The van der Waals surface area contributed by atoms with Gasteiger partial charge in [0.15, 0.2) is 5.96 Å². The summed E-state index contributed by atoms with van der Waals surface area (Å²) in [5.74, 6) is 0.421. The highest BCUT2D eigenvalue weighted by molar-refractivity contribution is 14.0. The van der Waals surface area contributed by atoms with Crippen LogP contribution in [0, 0.1) is 0 Å².